The number of nitrogens with two attached hydrogens (primary N) is 1. The van der Waals surface area contributed by atoms with Gasteiger partial charge in [0.2, 0.25) is 0 Å². The van der Waals surface area contributed by atoms with Gasteiger partial charge in [0.25, 0.3) is 0 Å². The first-order valence-corrected chi connectivity index (χ1v) is 7.81. The lowest BCUT2D eigenvalue weighted by Crippen LogP contribution is -2.34. The van der Waals surface area contributed by atoms with Gasteiger partial charge in [-0.25, -0.2) is 9.59 Å². The number of anilines is 2. The highest BCUT2D eigenvalue weighted by molar-refractivity contribution is 6.13. The van der Waals surface area contributed by atoms with Gasteiger partial charge in [0.15, 0.2) is 0 Å². The summed E-state index contributed by atoms with van der Waals surface area (Å²) in [4.78, 5) is 25.7. The largest absolute Gasteiger partial charge is 0.462 e. The van der Waals surface area contributed by atoms with Gasteiger partial charge < -0.3 is 15.2 Å². The monoisotopic (exact) mass is 351 g/mol. The zero-order valence-corrected chi connectivity index (χ0v) is 14.9. The molecule has 1 aromatic carbocycles. The maximum atomic E-state index is 14.6. The van der Waals surface area contributed by atoms with Crippen molar-refractivity contribution in [2.24, 2.45) is 0 Å². The van der Waals surface area contributed by atoms with Crippen LogP contribution in [0.1, 0.15) is 38.1 Å². The molecule has 0 aliphatic rings. The Labute approximate surface area is 145 Å². The number of aromatic nitrogens is 1. The van der Waals surface area contributed by atoms with Crippen LogP contribution in [0.3, 0.4) is 0 Å². The van der Waals surface area contributed by atoms with Crippen molar-refractivity contribution in [3.63, 3.8) is 0 Å². The molecule has 1 heterocycles. The molecule has 0 aliphatic carbocycles. The van der Waals surface area contributed by atoms with E-state index in [2.05, 4.69) is 0 Å². The Morgan fingerprint density at radius 1 is 1.32 bits per heavy atom. The topological polar surface area (TPSA) is 86.8 Å². The van der Waals surface area contributed by atoms with Gasteiger partial charge in [-0.3, -0.25) is 4.90 Å². The van der Waals surface area contributed by atoms with Crippen LogP contribution in [0.4, 0.5) is 20.8 Å². The number of para-hydroxylation sites is 1. The van der Waals surface area contributed by atoms with Gasteiger partial charge in [-0.05, 0) is 33.8 Å². The van der Waals surface area contributed by atoms with Crippen LogP contribution < -0.4 is 10.6 Å². The molecule has 0 unspecified atom stereocenters. The summed E-state index contributed by atoms with van der Waals surface area (Å²) < 4.78 is 24.9. The van der Waals surface area contributed by atoms with E-state index in [0.717, 1.165) is 4.90 Å². The molecule has 8 heteroatoms. The van der Waals surface area contributed by atoms with Crippen molar-refractivity contribution < 1.29 is 23.5 Å². The SMILES string of the molecule is CCOC(=O)c1c(N)n(F)c2c(N(C)C(=O)OC(C)(C)C)cccc12. The maximum Gasteiger partial charge on any atom is 0.414 e. The van der Waals surface area contributed by atoms with Crippen LogP contribution in [0.25, 0.3) is 10.9 Å². The lowest BCUT2D eigenvalue weighted by Gasteiger charge is -2.25. The number of fused-ring (bicyclic) bond motifs is 1. The quantitative estimate of drug-likeness (QED) is 0.855. The third kappa shape index (κ3) is 3.52. The molecule has 0 radical (unpaired) electrons. The highest BCUT2D eigenvalue weighted by atomic mass is 19.2. The van der Waals surface area contributed by atoms with E-state index in [4.69, 9.17) is 15.2 Å². The second-order valence-electron chi connectivity index (χ2n) is 6.47. The molecular formula is C17H22FN3O4. The average Bonchev–Trinajstić information content (AvgIpc) is 2.77. The molecule has 0 aliphatic heterocycles. The van der Waals surface area contributed by atoms with Crippen molar-refractivity contribution in [1.29, 1.82) is 0 Å². The van der Waals surface area contributed by atoms with Crippen molar-refractivity contribution >= 4 is 34.5 Å². The van der Waals surface area contributed by atoms with E-state index in [1.165, 1.54) is 13.1 Å². The maximum absolute atomic E-state index is 14.6. The van der Waals surface area contributed by atoms with Gasteiger partial charge >= 0.3 is 12.1 Å². The van der Waals surface area contributed by atoms with E-state index in [0.29, 0.717) is 0 Å². The third-order valence-electron chi connectivity index (χ3n) is 3.46. The van der Waals surface area contributed by atoms with E-state index >= 15 is 0 Å². The smallest absolute Gasteiger partial charge is 0.414 e. The van der Waals surface area contributed by atoms with Crippen molar-refractivity contribution in [1.82, 2.24) is 4.79 Å². The number of amides is 1. The minimum absolute atomic E-state index is 0.00332. The number of carbonyl (C=O) groups excluding carboxylic acids is 2. The second kappa shape index (κ2) is 6.62. The summed E-state index contributed by atoms with van der Waals surface area (Å²) in [5, 5.41) is 0.256. The fraction of sp³-hybridized carbons (Fsp3) is 0.412. The molecule has 2 rings (SSSR count). The van der Waals surface area contributed by atoms with Crippen molar-refractivity contribution in [2.75, 3.05) is 24.3 Å². The highest BCUT2D eigenvalue weighted by Gasteiger charge is 2.27. The van der Waals surface area contributed by atoms with E-state index in [1.807, 2.05) is 0 Å². The van der Waals surface area contributed by atoms with E-state index in [-0.39, 0.29) is 39.4 Å². The fourth-order valence-corrected chi connectivity index (χ4v) is 2.41. The number of carbonyl (C=O) groups is 2. The molecule has 0 fully saturated rings. The zero-order valence-electron chi connectivity index (χ0n) is 14.9. The van der Waals surface area contributed by atoms with Crippen LogP contribution in [0.5, 0.6) is 0 Å². The Hall–Kier alpha value is -2.77. The Morgan fingerprint density at radius 2 is 1.96 bits per heavy atom. The first-order valence-electron chi connectivity index (χ1n) is 7.81. The van der Waals surface area contributed by atoms with E-state index in [1.54, 1.807) is 39.8 Å². The minimum atomic E-state index is -0.724. The Kier molecular flexibility index (Phi) is 4.92. The number of nitrogens with zero attached hydrogens (tertiary/aromatic N) is 2. The number of hydrogen-bond acceptors (Lipinski definition) is 5. The summed E-state index contributed by atoms with van der Waals surface area (Å²) >= 11 is 0. The van der Waals surface area contributed by atoms with E-state index in [9.17, 15) is 14.1 Å². The molecule has 1 aromatic heterocycles. The number of rotatable bonds is 3. The summed E-state index contributed by atoms with van der Waals surface area (Å²) in [6, 6.07) is 4.68. The van der Waals surface area contributed by atoms with Crippen molar-refractivity contribution in [3.05, 3.63) is 23.8 Å². The van der Waals surface area contributed by atoms with Crippen LogP contribution in [-0.4, -0.2) is 36.1 Å². The number of halogens is 1. The molecule has 136 valence electrons. The van der Waals surface area contributed by atoms with Crippen LogP contribution in [0, 0.1) is 0 Å². The van der Waals surface area contributed by atoms with Crippen molar-refractivity contribution in [3.8, 4) is 0 Å². The number of ether oxygens (including phenoxy) is 2. The summed E-state index contributed by atoms with van der Waals surface area (Å²) in [5.74, 6) is -1.10. The molecule has 0 bridgehead atoms. The highest BCUT2D eigenvalue weighted by Crippen LogP contribution is 2.35. The summed E-state index contributed by atoms with van der Waals surface area (Å²) in [5.41, 5.74) is 5.19. The Balaban J connectivity index is 2.58. The summed E-state index contributed by atoms with van der Waals surface area (Å²) in [6.07, 6.45) is -0.655. The first kappa shape index (κ1) is 18.6. The minimum Gasteiger partial charge on any atom is -0.462 e. The first-order chi connectivity index (χ1) is 11.6. The Bertz CT molecular complexity index is 823. The molecule has 0 spiro atoms. The van der Waals surface area contributed by atoms with Crippen LogP contribution in [0.2, 0.25) is 0 Å². The van der Waals surface area contributed by atoms with Crippen molar-refractivity contribution in [2.45, 2.75) is 33.3 Å². The van der Waals surface area contributed by atoms with Gasteiger partial charge in [-0.1, -0.05) is 16.6 Å². The zero-order chi connectivity index (χ0) is 18.9. The summed E-state index contributed by atoms with van der Waals surface area (Å²) in [6.45, 7) is 6.97. The van der Waals surface area contributed by atoms with Crippen LogP contribution in [-0.2, 0) is 9.47 Å². The lowest BCUT2D eigenvalue weighted by molar-refractivity contribution is 0.0527. The molecule has 1 amide bonds. The second-order valence-corrected chi connectivity index (χ2v) is 6.47. The molecule has 2 N–H and O–H groups in total. The normalized spacial score (nSPS) is 11.4. The lowest BCUT2D eigenvalue weighted by atomic mass is 10.1. The number of esters is 1. The van der Waals surface area contributed by atoms with Crippen LogP contribution in [0.15, 0.2) is 18.2 Å². The molecule has 0 saturated heterocycles. The Morgan fingerprint density at radius 3 is 2.52 bits per heavy atom. The number of benzene rings is 1. The molecule has 0 saturated carbocycles. The standard InChI is InChI=1S/C17H22FN3O4/c1-6-24-15(22)12-10-8-7-9-11(13(10)21(18)14(12)19)20(5)16(23)25-17(2,3)4/h7-9H,6,19H2,1-5H3. The number of nitrogen functional groups attached to an aromatic ring is 1. The molecule has 25 heavy (non-hydrogen) atoms. The van der Waals surface area contributed by atoms with Gasteiger partial charge in [0.05, 0.1) is 12.3 Å². The molecule has 2 aromatic rings. The van der Waals surface area contributed by atoms with E-state index < -0.39 is 17.7 Å². The predicted molar refractivity (Wildman–Crippen MR) is 93.4 cm³/mol. The predicted octanol–water partition coefficient (Wildman–Crippen LogP) is 3.50. The molecule has 0 atom stereocenters. The average molecular weight is 351 g/mol. The van der Waals surface area contributed by atoms with Gasteiger partial charge in [-0.2, -0.15) is 4.79 Å². The van der Waals surface area contributed by atoms with Gasteiger partial charge in [-0.15, -0.1) is 0 Å². The molecular weight excluding hydrogens is 329 g/mol. The number of hydrogen-bond donors (Lipinski definition) is 1. The van der Waals surface area contributed by atoms with Gasteiger partial charge in [0.1, 0.15) is 22.5 Å². The fourth-order valence-electron chi connectivity index (χ4n) is 2.41. The molecule has 7 nitrogen and oxygen atoms in total. The van der Waals surface area contributed by atoms with Crippen LogP contribution >= 0.6 is 0 Å². The third-order valence-corrected chi connectivity index (χ3v) is 3.46. The summed E-state index contributed by atoms with van der Waals surface area (Å²) in [7, 11) is 1.45. The van der Waals surface area contributed by atoms with Gasteiger partial charge in [0, 0.05) is 12.4 Å².